The van der Waals surface area contributed by atoms with Crippen LogP contribution in [0.25, 0.3) is 0 Å². The van der Waals surface area contributed by atoms with E-state index in [9.17, 15) is 9.90 Å². The molecule has 0 saturated carbocycles. The maximum absolute atomic E-state index is 12.5. The second kappa shape index (κ2) is 7.88. The molecule has 2 saturated heterocycles. The van der Waals surface area contributed by atoms with Gasteiger partial charge in [0.15, 0.2) is 0 Å². The van der Waals surface area contributed by atoms with E-state index in [4.69, 9.17) is 0 Å². The molecule has 7 heteroatoms. The van der Waals surface area contributed by atoms with Crippen molar-refractivity contribution in [3.8, 4) is 0 Å². The van der Waals surface area contributed by atoms with Crippen LogP contribution in [0, 0.1) is 5.41 Å². The predicted octanol–water partition coefficient (Wildman–Crippen LogP) is 0.780. The van der Waals surface area contributed by atoms with Crippen molar-refractivity contribution in [1.29, 1.82) is 0 Å². The third-order valence-electron chi connectivity index (χ3n) is 5.68. The van der Waals surface area contributed by atoms with Crippen molar-refractivity contribution in [1.82, 2.24) is 19.8 Å². The number of anilines is 1. The van der Waals surface area contributed by atoms with Crippen LogP contribution in [0.5, 0.6) is 0 Å². The van der Waals surface area contributed by atoms with Gasteiger partial charge in [0.05, 0.1) is 12.6 Å². The Morgan fingerprint density at radius 1 is 1.31 bits per heavy atom. The zero-order chi connectivity index (χ0) is 18.7. The maximum atomic E-state index is 12.5. The highest BCUT2D eigenvalue weighted by atomic mass is 16.3. The summed E-state index contributed by atoms with van der Waals surface area (Å²) in [7, 11) is 3.82. The summed E-state index contributed by atoms with van der Waals surface area (Å²) in [5.41, 5.74) is 0.837. The van der Waals surface area contributed by atoms with Gasteiger partial charge >= 0.3 is 0 Å². The number of aromatic nitrogens is 2. The summed E-state index contributed by atoms with van der Waals surface area (Å²) in [6, 6.07) is 0. The van der Waals surface area contributed by atoms with Crippen molar-refractivity contribution in [2.75, 3.05) is 51.7 Å². The molecule has 2 atom stereocenters. The molecule has 2 fully saturated rings. The first-order valence-electron chi connectivity index (χ1n) is 9.60. The van der Waals surface area contributed by atoms with Crippen molar-refractivity contribution in [3.63, 3.8) is 0 Å². The normalized spacial score (nSPS) is 26.6. The molecule has 0 aromatic carbocycles. The Morgan fingerprint density at radius 2 is 2.04 bits per heavy atom. The minimum atomic E-state index is -0.386. The first kappa shape index (κ1) is 19.0. The van der Waals surface area contributed by atoms with Crippen LogP contribution < -0.4 is 4.90 Å². The zero-order valence-corrected chi connectivity index (χ0v) is 16.2. The number of likely N-dealkylation sites (N-methyl/N-ethyl adjacent to an activating group) is 1. The molecule has 0 radical (unpaired) electrons. The minimum absolute atomic E-state index is 0.141. The monoisotopic (exact) mass is 361 g/mol. The number of aryl methyl sites for hydroxylation is 1. The van der Waals surface area contributed by atoms with Gasteiger partial charge in [-0.25, -0.2) is 9.97 Å². The summed E-state index contributed by atoms with van der Waals surface area (Å²) < 4.78 is 0. The molecule has 144 valence electrons. The number of likely N-dealkylation sites (tertiary alicyclic amines) is 1. The summed E-state index contributed by atoms with van der Waals surface area (Å²) in [4.78, 5) is 27.6. The van der Waals surface area contributed by atoms with Crippen LogP contribution in [-0.4, -0.2) is 83.7 Å². The van der Waals surface area contributed by atoms with Gasteiger partial charge in [0.25, 0.3) is 0 Å². The predicted molar refractivity (Wildman–Crippen MR) is 101 cm³/mol. The molecule has 3 rings (SSSR count). The lowest BCUT2D eigenvalue weighted by Gasteiger charge is -2.51. The number of nitrogens with zero attached hydrogens (tertiary/aromatic N) is 5. The molecule has 1 aromatic heterocycles. The number of hydrogen-bond acceptors (Lipinski definition) is 6. The molecule has 1 spiro atoms. The van der Waals surface area contributed by atoms with Crippen molar-refractivity contribution in [3.05, 3.63) is 18.0 Å². The SMILES string of the molecule is CCc1cnc(N2CC[C@@H](O)[C@]3(CCCN(C(=O)CN(C)C)C3)C2)nc1. The van der Waals surface area contributed by atoms with E-state index in [-0.39, 0.29) is 17.4 Å². The van der Waals surface area contributed by atoms with Crippen LogP contribution in [0.3, 0.4) is 0 Å². The largest absolute Gasteiger partial charge is 0.392 e. The van der Waals surface area contributed by atoms with Crippen molar-refractivity contribution >= 4 is 11.9 Å². The molecule has 0 unspecified atom stereocenters. The van der Waals surface area contributed by atoms with Crippen LogP contribution in [-0.2, 0) is 11.2 Å². The number of aliphatic hydroxyl groups excluding tert-OH is 1. The van der Waals surface area contributed by atoms with E-state index in [0.29, 0.717) is 26.1 Å². The molecule has 2 aliphatic heterocycles. The van der Waals surface area contributed by atoms with Crippen LogP contribution >= 0.6 is 0 Å². The standard InChI is InChI=1S/C19H31N5O2/c1-4-15-10-20-18(21-11-15)24-9-6-16(25)19(14-24)7-5-8-23(13-19)17(26)12-22(2)3/h10-11,16,25H,4-9,12-14H2,1-3H3/t16-,19+/m1/s1. The number of rotatable bonds is 4. The lowest BCUT2D eigenvalue weighted by molar-refractivity contribution is -0.138. The summed E-state index contributed by atoms with van der Waals surface area (Å²) in [5, 5.41) is 10.8. The van der Waals surface area contributed by atoms with E-state index in [0.717, 1.165) is 43.9 Å². The van der Waals surface area contributed by atoms with Gasteiger partial charge in [0.1, 0.15) is 0 Å². The van der Waals surface area contributed by atoms with Crippen molar-refractivity contribution in [2.24, 2.45) is 5.41 Å². The van der Waals surface area contributed by atoms with E-state index in [2.05, 4.69) is 21.8 Å². The lowest BCUT2D eigenvalue weighted by atomic mass is 9.71. The average Bonchev–Trinajstić information content (AvgIpc) is 2.64. The van der Waals surface area contributed by atoms with Crippen molar-refractivity contribution < 1.29 is 9.90 Å². The van der Waals surface area contributed by atoms with E-state index in [1.165, 1.54) is 0 Å². The molecular weight excluding hydrogens is 330 g/mol. The molecule has 3 heterocycles. The van der Waals surface area contributed by atoms with Gasteiger partial charge in [-0.1, -0.05) is 6.92 Å². The number of amides is 1. The van der Waals surface area contributed by atoms with Crippen LogP contribution in [0.1, 0.15) is 31.7 Å². The molecule has 1 aromatic rings. The third kappa shape index (κ3) is 3.99. The van der Waals surface area contributed by atoms with Gasteiger partial charge in [-0.3, -0.25) is 4.79 Å². The van der Waals surface area contributed by atoms with Crippen molar-refractivity contribution in [2.45, 2.75) is 38.7 Å². The Balaban J connectivity index is 1.74. The number of piperidine rings is 2. The average molecular weight is 361 g/mol. The summed E-state index contributed by atoms with van der Waals surface area (Å²) in [6.45, 7) is 5.35. The summed E-state index contributed by atoms with van der Waals surface area (Å²) in [5.74, 6) is 0.868. The molecule has 1 N–H and O–H groups in total. The van der Waals surface area contributed by atoms with Gasteiger partial charge in [0, 0.05) is 44.0 Å². The van der Waals surface area contributed by atoms with Crippen LogP contribution in [0.15, 0.2) is 12.4 Å². The van der Waals surface area contributed by atoms with E-state index < -0.39 is 0 Å². The molecular formula is C19H31N5O2. The number of carbonyl (C=O) groups excluding carboxylic acids is 1. The topological polar surface area (TPSA) is 72.8 Å². The van der Waals surface area contributed by atoms with E-state index >= 15 is 0 Å². The molecule has 0 aliphatic carbocycles. The third-order valence-corrected chi connectivity index (χ3v) is 5.68. The summed E-state index contributed by atoms with van der Waals surface area (Å²) >= 11 is 0. The highest BCUT2D eigenvalue weighted by Gasteiger charge is 2.46. The Bertz CT molecular complexity index is 621. The Labute approximate surface area is 156 Å². The Morgan fingerprint density at radius 3 is 2.69 bits per heavy atom. The quantitative estimate of drug-likeness (QED) is 0.854. The molecule has 7 nitrogen and oxygen atoms in total. The van der Waals surface area contributed by atoms with Crippen LogP contribution in [0.2, 0.25) is 0 Å². The van der Waals surface area contributed by atoms with E-state index in [1.54, 1.807) is 0 Å². The lowest BCUT2D eigenvalue weighted by Crippen LogP contribution is -2.60. The first-order valence-corrected chi connectivity index (χ1v) is 9.60. The number of carbonyl (C=O) groups is 1. The van der Waals surface area contributed by atoms with Crippen LogP contribution in [0.4, 0.5) is 5.95 Å². The van der Waals surface area contributed by atoms with E-state index in [1.807, 2.05) is 36.3 Å². The minimum Gasteiger partial charge on any atom is -0.392 e. The van der Waals surface area contributed by atoms with Gasteiger partial charge in [-0.2, -0.15) is 0 Å². The highest BCUT2D eigenvalue weighted by Crippen LogP contribution is 2.39. The Hall–Kier alpha value is -1.73. The fourth-order valence-electron chi connectivity index (χ4n) is 4.16. The number of aliphatic hydroxyl groups is 1. The molecule has 2 aliphatic rings. The molecule has 0 bridgehead atoms. The second-order valence-electron chi connectivity index (χ2n) is 7.99. The van der Waals surface area contributed by atoms with Gasteiger partial charge in [0.2, 0.25) is 11.9 Å². The molecule has 1 amide bonds. The molecule has 26 heavy (non-hydrogen) atoms. The summed E-state index contributed by atoms with van der Waals surface area (Å²) in [6.07, 6.45) is 6.86. The zero-order valence-electron chi connectivity index (χ0n) is 16.2. The smallest absolute Gasteiger partial charge is 0.236 e. The Kier molecular flexibility index (Phi) is 5.77. The van der Waals surface area contributed by atoms with Gasteiger partial charge < -0.3 is 19.8 Å². The second-order valence-corrected chi connectivity index (χ2v) is 7.99. The fourth-order valence-corrected chi connectivity index (χ4v) is 4.16. The van der Waals surface area contributed by atoms with Gasteiger partial charge in [-0.15, -0.1) is 0 Å². The maximum Gasteiger partial charge on any atom is 0.236 e. The first-order chi connectivity index (χ1) is 12.4. The van der Waals surface area contributed by atoms with Gasteiger partial charge in [-0.05, 0) is 45.3 Å². The fraction of sp³-hybridized carbons (Fsp3) is 0.737. The number of hydrogen-bond donors (Lipinski definition) is 1. The highest BCUT2D eigenvalue weighted by molar-refractivity contribution is 5.78.